The van der Waals surface area contributed by atoms with Crippen molar-refractivity contribution in [3.05, 3.63) is 11.9 Å². The zero-order valence-corrected chi connectivity index (χ0v) is 8.51. The van der Waals surface area contributed by atoms with Crippen LogP contribution in [-0.4, -0.2) is 29.8 Å². The summed E-state index contributed by atoms with van der Waals surface area (Å²) in [5, 5.41) is 2.11. The van der Waals surface area contributed by atoms with E-state index in [-0.39, 0.29) is 24.1 Å². The average Bonchev–Trinajstić information content (AvgIpc) is 2.13. The number of nitrogens with zero attached hydrogens (tertiary/aromatic N) is 2. The van der Waals surface area contributed by atoms with Gasteiger partial charge in [-0.15, -0.1) is 0 Å². The summed E-state index contributed by atoms with van der Waals surface area (Å²) in [7, 11) is 1.43. The third-order valence-electron chi connectivity index (χ3n) is 1.54. The number of hydrogen-bond donors (Lipinski definition) is 2. The number of halogens is 3. The van der Waals surface area contributed by atoms with Gasteiger partial charge in [0.25, 0.3) is 0 Å². The third-order valence-corrected chi connectivity index (χ3v) is 1.54. The molecule has 1 heterocycles. The monoisotopic (exact) mass is 236 g/mol. The van der Waals surface area contributed by atoms with Crippen LogP contribution in [-0.2, 0) is 11.3 Å². The molecule has 16 heavy (non-hydrogen) atoms. The molecule has 0 aliphatic heterocycles. The lowest BCUT2D eigenvalue weighted by Gasteiger charge is -2.10. The van der Waals surface area contributed by atoms with Crippen LogP contribution in [0.1, 0.15) is 5.82 Å². The van der Waals surface area contributed by atoms with E-state index in [0.717, 1.165) is 0 Å². The highest BCUT2D eigenvalue weighted by Gasteiger charge is 2.26. The Bertz CT molecular complexity index is 356. The number of ether oxygens (including phenoxy) is 1. The molecule has 0 amide bonds. The van der Waals surface area contributed by atoms with Crippen molar-refractivity contribution in [1.82, 2.24) is 9.97 Å². The molecule has 0 aliphatic carbocycles. The number of nitrogens with two attached hydrogens (primary N) is 1. The van der Waals surface area contributed by atoms with E-state index < -0.39 is 12.7 Å². The Morgan fingerprint density at radius 1 is 1.44 bits per heavy atom. The maximum absolute atomic E-state index is 11.9. The summed E-state index contributed by atoms with van der Waals surface area (Å²) in [5.41, 5.74) is 5.40. The fourth-order valence-electron chi connectivity index (χ4n) is 0.993. The minimum atomic E-state index is -4.30. The molecule has 0 radical (unpaired) electrons. The zero-order valence-electron chi connectivity index (χ0n) is 8.51. The molecule has 8 heteroatoms. The number of aromatic nitrogens is 2. The van der Waals surface area contributed by atoms with E-state index in [1.165, 1.54) is 13.2 Å². The van der Waals surface area contributed by atoms with Gasteiger partial charge in [-0.2, -0.15) is 13.2 Å². The highest BCUT2D eigenvalue weighted by atomic mass is 19.4. The Balaban J connectivity index is 2.72. The second-order valence-electron chi connectivity index (χ2n) is 3.00. The molecule has 1 aromatic rings. The van der Waals surface area contributed by atoms with Crippen LogP contribution in [0, 0.1) is 0 Å². The van der Waals surface area contributed by atoms with Gasteiger partial charge < -0.3 is 15.8 Å². The van der Waals surface area contributed by atoms with Gasteiger partial charge in [0.05, 0.1) is 0 Å². The molecule has 0 bridgehead atoms. The summed E-state index contributed by atoms with van der Waals surface area (Å²) >= 11 is 0. The number of methoxy groups -OCH3 is 1. The summed E-state index contributed by atoms with van der Waals surface area (Å²) in [4.78, 5) is 7.59. The third kappa shape index (κ3) is 4.30. The highest BCUT2D eigenvalue weighted by Crippen LogP contribution is 2.16. The van der Waals surface area contributed by atoms with Crippen molar-refractivity contribution in [2.24, 2.45) is 0 Å². The molecule has 3 N–H and O–H groups in total. The molecule has 0 fully saturated rings. The molecule has 0 spiro atoms. The number of rotatable bonds is 4. The topological polar surface area (TPSA) is 73.1 Å². The normalized spacial score (nSPS) is 11.5. The van der Waals surface area contributed by atoms with Gasteiger partial charge in [-0.25, -0.2) is 9.97 Å². The summed E-state index contributed by atoms with van der Waals surface area (Å²) in [6.45, 7) is -1.08. The molecule has 5 nitrogen and oxygen atoms in total. The van der Waals surface area contributed by atoms with Crippen LogP contribution in [0.2, 0.25) is 0 Å². The lowest BCUT2D eigenvalue weighted by Crippen LogP contribution is -2.22. The molecule has 1 rings (SSSR count). The van der Waals surface area contributed by atoms with Crippen LogP contribution in [0.5, 0.6) is 0 Å². The fraction of sp³-hybridized carbons (Fsp3) is 0.500. The summed E-state index contributed by atoms with van der Waals surface area (Å²) in [6.07, 6.45) is -4.30. The molecule has 0 unspecified atom stereocenters. The summed E-state index contributed by atoms with van der Waals surface area (Å²) in [6, 6.07) is 1.23. The van der Waals surface area contributed by atoms with Gasteiger partial charge >= 0.3 is 6.18 Å². The maximum Gasteiger partial charge on any atom is 0.405 e. The molecule has 0 atom stereocenters. The average molecular weight is 236 g/mol. The Morgan fingerprint density at radius 2 is 2.12 bits per heavy atom. The Labute approximate surface area is 89.8 Å². The lowest BCUT2D eigenvalue weighted by molar-refractivity contribution is -0.115. The van der Waals surface area contributed by atoms with Gasteiger partial charge in [-0.3, -0.25) is 0 Å². The molecule has 0 aromatic carbocycles. The van der Waals surface area contributed by atoms with Crippen LogP contribution < -0.4 is 11.1 Å². The summed E-state index contributed by atoms with van der Waals surface area (Å²) < 4.78 is 40.5. The van der Waals surface area contributed by atoms with Gasteiger partial charge in [-0.05, 0) is 0 Å². The first kappa shape index (κ1) is 12.5. The van der Waals surface area contributed by atoms with Crippen LogP contribution in [0.15, 0.2) is 6.07 Å². The van der Waals surface area contributed by atoms with Gasteiger partial charge in [-0.1, -0.05) is 0 Å². The molecular weight excluding hydrogens is 225 g/mol. The first-order valence-corrected chi connectivity index (χ1v) is 4.33. The van der Waals surface area contributed by atoms with Crippen LogP contribution in [0.3, 0.4) is 0 Å². The van der Waals surface area contributed by atoms with Crippen LogP contribution >= 0.6 is 0 Å². The number of nitrogens with one attached hydrogen (secondary N) is 1. The SMILES string of the molecule is COCc1nc(N)cc(NCC(F)(F)F)n1. The van der Waals surface area contributed by atoms with E-state index in [9.17, 15) is 13.2 Å². The van der Waals surface area contributed by atoms with Crippen molar-refractivity contribution in [3.63, 3.8) is 0 Å². The van der Waals surface area contributed by atoms with Crippen LogP contribution in [0.4, 0.5) is 24.8 Å². The quantitative estimate of drug-likeness (QED) is 0.821. The van der Waals surface area contributed by atoms with E-state index in [4.69, 9.17) is 10.5 Å². The standard InChI is InChI=1S/C8H11F3N4O/c1-16-3-7-14-5(12)2-6(15-7)13-4-8(9,10)11/h2H,3-4H2,1H3,(H3,12,13,14,15). The molecule has 0 saturated carbocycles. The predicted molar refractivity (Wildman–Crippen MR) is 51.7 cm³/mol. The van der Waals surface area contributed by atoms with Crippen molar-refractivity contribution in [1.29, 1.82) is 0 Å². The predicted octanol–water partition coefficient (Wildman–Crippen LogP) is 1.18. The van der Waals surface area contributed by atoms with E-state index in [1.54, 1.807) is 0 Å². The van der Waals surface area contributed by atoms with Gasteiger partial charge in [0.2, 0.25) is 0 Å². The maximum atomic E-state index is 11.9. The minimum Gasteiger partial charge on any atom is -0.384 e. The van der Waals surface area contributed by atoms with Crippen molar-refractivity contribution in [2.75, 3.05) is 24.7 Å². The first-order valence-electron chi connectivity index (χ1n) is 4.33. The Morgan fingerprint density at radius 3 is 2.69 bits per heavy atom. The molecule has 1 aromatic heterocycles. The van der Waals surface area contributed by atoms with E-state index in [0.29, 0.717) is 0 Å². The van der Waals surface area contributed by atoms with Crippen molar-refractivity contribution < 1.29 is 17.9 Å². The molecular formula is C8H11F3N4O. The fourth-order valence-corrected chi connectivity index (χ4v) is 0.993. The lowest BCUT2D eigenvalue weighted by atomic mass is 10.4. The number of nitrogen functional groups attached to an aromatic ring is 1. The highest BCUT2D eigenvalue weighted by molar-refractivity contribution is 5.44. The second kappa shape index (κ2) is 4.97. The van der Waals surface area contributed by atoms with Crippen molar-refractivity contribution >= 4 is 11.6 Å². The number of anilines is 2. The van der Waals surface area contributed by atoms with E-state index in [2.05, 4.69) is 15.3 Å². The molecule has 90 valence electrons. The van der Waals surface area contributed by atoms with Crippen LogP contribution in [0.25, 0.3) is 0 Å². The molecule has 0 saturated heterocycles. The zero-order chi connectivity index (χ0) is 12.2. The smallest absolute Gasteiger partial charge is 0.384 e. The van der Waals surface area contributed by atoms with E-state index >= 15 is 0 Å². The molecule has 0 aliphatic rings. The first-order chi connectivity index (χ1) is 7.40. The van der Waals surface area contributed by atoms with Gasteiger partial charge in [0, 0.05) is 13.2 Å². The second-order valence-corrected chi connectivity index (χ2v) is 3.00. The van der Waals surface area contributed by atoms with Gasteiger partial charge in [0.1, 0.15) is 24.8 Å². The van der Waals surface area contributed by atoms with Crippen molar-refractivity contribution in [2.45, 2.75) is 12.8 Å². The Hall–Kier alpha value is -1.57. The van der Waals surface area contributed by atoms with Crippen molar-refractivity contribution in [3.8, 4) is 0 Å². The van der Waals surface area contributed by atoms with Gasteiger partial charge in [0.15, 0.2) is 5.82 Å². The van der Waals surface area contributed by atoms with E-state index in [1.807, 2.05) is 0 Å². The summed E-state index contributed by atoms with van der Waals surface area (Å²) in [5.74, 6) is 0.343. The minimum absolute atomic E-state index is 0.0249. The number of alkyl halides is 3. The largest absolute Gasteiger partial charge is 0.405 e. The number of hydrogen-bond acceptors (Lipinski definition) is 5. The Kier molecular flexibility index (Phi) is 3.88.